The summed E-state index contributed by atoms with van der Waals surface area (Å²) in [4.78, 5) is 11.2. The Balaban J connectivity index is 1.96. The first-order valence-corrected chi connectivity index (χ1v) is 6.86. The summed E-state index contributed by atoms with van der Waals surface area (Å²) in [6.07, 6.45) is 4.13. The Morgan fingerprint density at radius 3 is 2.94 bits per heavy atom. The third-order valence-corrected chi connectivity index (χ3v) is 5.00. The van der Waals surface area contributed by atoms with Crippen LogP contribution in [0.3, 0.4) is 0 Å². The third kappa shape index (κ3) is 1.66. The Kier molecular flexibility index (Phi) is 2.69. The van der Waals surface area contributed by atoms with Crippen molar-refractivity contribution in [3.05, 3.63) is 29.8 Å². The van der Waals surface area contributed by atoms with Crippen LogP contribution in [0.5, 0.6) is 5.75 Å². The lowest BCUT2D eigenvalue weighted by Crippen LogP contribution is -2.52. The zero-order valence-electron chi connectivity index (χ0n) is 11.1. The van der Waals surface area contributed by atoms with E-state index in [9.17, 15) is 4.79 Å². The van der Waals surface area contributed by atoms with Crippen molar-refractivity contribution in [1.29, 1.82) is 0 Å². The van der Waals surface area contributed by atoms with Gasteiger partial charge in [-0.15, -0.1) is 0 Å². The minimum Gasteiger partial charge on any atom is -0.487 e. The first-order chi connectivity index (χ1) is 8.64. The predicted octanol–water partition coefficient (Wildman–Crippen LogP) is 3.24. The van der Waals surface area contributed by atoms with Gasteiger partial charge in [0, 0.05) is 11.8 Å². The molecule has 0 aromatic heterocycles. The fraction of sp³-hybridized carbons (Fsp3) is 0.562. The molecular weight excluding hydrogens is 224 g/mol. The van der Waals surface area contributed by atoms with Crippen LogP contribution in [-0.4, -0.2) is 11.9 Å². The lowest BCUT2D eigenvalue weighted by molar-refractivity contribution is -0.120. The van der Waals surface area contributed by atoms with E-state index in [2.05, 4.69) is 32.0 Å². The van der Waals surface area contributed by atoms with Crippen LogP contribution in [0.1, 0.15) is 32.3 Å². The third-order valence-electron chi connectivity index (χ3n) is 5.00. The molecule has 0 amide bonds. The van der Waals surface area contributed by atoms with Gasteiger partial charge >= 0.3 is 0 Å². The van der Waals surface area contributed by atoms with E-state index in [0.29, 0.717) is 11.8 Å². The summed E-state index contributed by atoms with van der Waals surface area (Å²) in [5.41, 5.74) is 1.20. The summed E-state index contributed by atoms with van der Waals surface area (Å²) in [7, 11) is 0. The monoisotopic (exact) mass is 244 g/mol. The van der Waals surface area contributed by atoms with E-state index >= 15 is 0 Å². The summed E-state index contributed by atoms with van der Waals surface area (Å²) in [5.74, 6) is 2.11. The number of ether oxygens (including phenoxy) is 1. The number of aldehydes is 1. The lowest BCUT2D eigenvalue weighted by Gasteiger charge is -2.50. The molecule has 0 radical (unpaired) electrons. The number of fused-ring (bicyclic) bond motifs is 2. The topological polar surface area (TPSA) is 26.3 Å². The fourth-order valence-electron chi connectivity index (χ4n) is 3.74. The van der Waals surface area contributed by atoms with Crippen molar-refractivity contribution in [1.82, 2.24) is 0 Å². The average Bonchev–Trinajstić information content (AvgIpc) is 2.37. The van der Waals surface area contributed by atoms with Gasteiger partial charge in [-0.3, -0.25) is 0 Å². The molecule has 1 aromatic rings. The molecule has 1 aliphatic carbocycles. The molecule has 0 N–H and O–H groups in total. The molecular formula is C16H20O2. The number of rotatable bonds is 1. The van der Waals surface area contributed by atoms with Crippen LogP contribution in [-0.2, 0) is 11.2 Å². The second-order valence-corrected chi connectivity index (χ2v) is 6.03. The normalized spacial score (nSPS) is 38.2. The van der Waals surface area contributed by atoms with E-state index in [1.807, 2.05) is 6.07 Å². The molecule has 1 heterocycles. The van der Waals surface area contributed by atoms with E-state index in [1.165, 1.54) is 5.56 Å². The highest BCUT2D eigenvalue weighted by atomic mass is 16.5. The highest BCUT2D eigenvalue weighted by molar-refractivity contribution is 5.54. The first-order valence-electron chi connectivity index (χ1n) is 6.86. The number of hydrogen-bond donors (Lipinski definition) is 0. The molecule has 18 heavy (non-hydrogen) atoms. The van der Waals surface area contributed by atoms with Crippen LogP contribution >= 0.6 is 0 Å². The molecule has 0 spiro atoms. The molecule has 1 fully saturated rings. The lowest BCUT2D eigenvalue weighted by atomic mass is 9.63. The number of para-hydroxylation sites is 1. The van der Waals surface area contributed by atoms with Crippen LogP contribution in [0.25, 0.3) is 0 Å². The van der Waals surface area contributed by atoms with Gasteiger partial charge < -0.3 is 9.53 Å². The van der Waals surface area contributed by atoms with E-state index < -0.39 is 0 Å². The fourth-order valence-corrected chi connectivity index (χ4v) is 3.74. The van der Waals surface area contributed by atoms with Crippen molar-refractivity contribution in [3.8, 4) is 5.75 Å². The van der Waals surface area contributed by atoms with Gasteiger partial charge in [0.1, 0.15) is 17.6 Å². The van der Waals surface area contributed by atoms with Crippen LogP contribution in [0.4, 0.5) is 0 Å². The Hall–Kier alpha value is -1.31. The molecule has 2 aliphatic rings. The van der Waals surface area contributed by atoms with Crippen molar-refractivity contribution < 1.29 is 9.53 Å². The average molecular weight is 244 g/mol. The zero-order chi connectivity index (χ0) is 12.8. The summed E-state index contributed by atoms with van der Waals surface area (Å²) in [5, 5.41) is 0. The standard InChI is InChI=1S/C16H20O2/c1-11-13(10-17)7-8-16(2)14(11)9-12-5-3-4-6-15(12)18-16/h3-6,10-11,13-14H,7-9H2,1-2H3/t11-,13-,14-,16-/m1/s1. The van der Waals surface area contributed by atoms with E-state index in [4.69, 9.17) is 4.74 Å². The first kappa shape index (κ1) is 11.8. The van der Waals surface area contributed by atoms with Gasteiger partial charge in [-0.2, -0.15) is 0 Å². The largest absolute Gasteiger partial charge is 0.487 e. The van der Waals surface area contributed by atoms with Crippen molar-refractivity contribution in [2.45, 2.75) is 38.7 Å². The second-order valence-electron chi connectivity index (χ2n) is 6.03. The SMILES string of the molecule is C[C@H]1[C@H]2Cc3ccccc3O[C@]2(C)CC[C@@H]1C=O. The van der Waals surface area contributed by atoms with E-state index in [-0.39, 0.29) is 11.5 Å². The summed E-state index contributed by atoms with van der Waals surface area (Å²) in [6, 6.07) is 8.30. The molecule has 4 atom stereocenters. The summed E-state index contributed by atoms with van der Waals surface area (Å²) < 4.78 is 6.27. The van der Waals surface area contributed by atoms with Crippen LogP contribution in [0.15, 0.2) is 24.3 Å². The van der Waals surface area contributed by atoms with Crippen molar-refractivity contribution in [2.24, 2.45) is 17.8 Å². The van der Waals surface area contributed by atoms with Crippen molar-refractivity contribution in [3.63, 3.8) is 0 Å². The molecule has 1 saturated carbocycles. The molecule has 0 bridgehead atoms. The summed E-state index contributed by atoms with van der Waals surface area (Å²) >= 11 is 0. The van der Waals surface area contributed by atoms with Crippen molar-refractivity contribution in [2.75, 3.05) is 0 Å². The van der Waals surface area contributed by atoms with Crippen LogP contribution < -0.4 is 4.74 Å². The molecule has 2 heteroatoms. The minimum absolute atomic E-state index is 0.0900. The quantitative estimate of drug-likeness (QED) is 0.709. The maximum absolute atomic E-state index is 11.2. The van der Waals surface area contributed by atoms with Gasteiger partial charge in [-0.1, -0.05) is 25.1 Å². The maximum Gasteiger partial charge on any atom is 0.123 e. The van der Waals surface area contributed by atoms with E-state index in [1.54, 1.807) is 0 Å². The molecule has 1 aromatic carbocycles. The number of carbonyl (C=O) groups is 1. The Labute approximate surface area is 108 Å². The number of carbonyl (C=O) groups excluding carboxylic acids is 1. The second kappa shape index (κ2) is 4.11. The molecule has 96 valence electrons. The zero-order valence-corrected chi connectivity index (χ0v) is 11.1. The molecule has 0 unspecified atom stereocenters. The molecule has 2 nitrogen and oxygen atoms in total. The highest BCUT2D eigenvalue weighted by Gasteiger charge is 2.48. The van der Waals surface area contributed by atoms with Gasteiger partial charge in [-0.25, -0.2) is 0 Å². The Morgan fingerprint density at radius 2 is 2.17 bits per heavy atom. The molecule has 3 rings (SSSR count). The van der Waals surface area contributed by atoms with Crippen LogP contribution in [0.2, 0.25) is 0 Å². The number of benzene rings is 1. The van der Waals surface area contributed by atoms with Gasteiger partial charge in [0.25, 0.3) is 0 Å². The smallest absolute Gasteiger partial charge is 0.123 e. The highest BCUT2D eigenvalue weighted by Crippen LogP contribution is 2.48. The van der Waals surface area contributed by atoms with Gasteiger partial charge in [-0.05, 0) is 43.7 Å². The maximum atomic E-state index is 11.2. The van der Waals surface area contributed by atoms with Gasteiger partial charge in [0.05, 0.1) is 0 Å². The molecule has 0 saturated heterocycles. The Morgan fingerprint density at radius 1 is 1.39 bits per heavy atom. The van der Waals surface area contributed by atoms with E-state index in [0.717, 1.165) is 31.3 Å². The number of hydrogen-bond acceptors (Lipinski definition) is 2. The van der Waals surface area contributed by atoms with Crippen LogP contribution in [0, 0.1) is 17.8 Å². The molecule has 1 aliphatic heterocycles. The van der Waals surface area contributed by atoms with Gasteiger partial charge in [0.15, 0.2) is 0 Å². The van der Waals surface area contributed by atoms with Gasteiger partial charge in [0.2, 0.25) is 0 Å². The minimum atomic E-state index is -0.0900. The van der Waals surface area contributed by atoms with Crippen molar-refractivity contribution >= 4 is 6.29 Å². The summed E-state index contributed by atoms with van der Waals surface area (Å²) in [6.45, 7) is 4.42. The predicted molar refractivity (Wildman–Crippen MR) is 70.6 cm³/mol. The Bertz CT molecular complexity index is 468.